The topological polar surface area (TPSA) is 111 Å². The molecule has 34 heavy (non-hydrogen) atoms. The van der Waals surface area contributed by atoms with Crippen LogP contribution in [-0.4, -0.2) is 47.7 Å². The van der Waals surface area contributed by atoms with E-state index in [0.29, 0.717) is 22.7 Å². The lowest BCUT2D eigenvalue weighted by Gasteiger charge is -2.29. The third-order valence-electron chi connectivity index (χ3n) is 5.59. The zero-order valence-corrected chi connectivity index (χ0v) is 18.0. The van der Waals surface area contributed by atoms with Crippen molar-refractivity contribution in [2.45, 2.75) is 25.5 Å². The molecule has 2 aliphatic heterocycles. The first kappa shape index (κ1) is 14.2. The van der Waals surface area contributed by atoms with E-state index < -0.39 is 43.3 Å². The summed E-state index contributed by atoms with van der Waals surface area (Å²) < 4.78 is 71.0. The molecular formula is C25H25N5O4. The molecule has 1 saturated heterocycles. The van der Waals surface area contributed by atoms with E-state index in [0.717, 1.165) is 0 Å². The molecule has 0 atom stereocenters. The van der Waals surface area contributed by atoms with E-state index in [-0.39, 0.29) is 34.9 Å². The SMILES string of the molecule is [2H]C1([2H])C(=O)N(c2ccc(N3CCc4c(C(N)=O)nn(-c5ccc(OC)cc5)c4C3=O)cc2)C([2H])([2H])C([2H])([2H])C1([2H])[2H]. The van der Waals surface area contributed by atoms with Crippen LogP contribution in [0, 0.1) is 0 Å². The number of ether oxygens (including phenoxy) is 1. The van der Waals surface area contributed by atoms with Crippen LogP contribution in [0.2, 0.25) is 0 Å². The molecule has 0 aliphatic carbocycles. The van der Waals surface area contributed by atoms with E-state index in [2.05, 4.69) is 5.10 Å². The van der Waals surface area contributed by atoms with Gasteiger partial charge in [-0.05, 0) is 67.7 Å². The molecule has 1 aromatic heterocycles. The number of hydrogen-bond acceptors (Lipinski definition) is 5. The van der Waals surface area contributed by atoms with Crippen LogP contribution in [0.4, 0.5) is 11.4 Å². The fourth-order valence-corrected chi connectivity index (χ4v) is 3.95. The number of carbonyl (C=O) groups is 3. The minimum atomic E-state index is -3.47. The van der Waals surface area contributed by atoms with Crippen molar-refractivity contribution < 1.29 is 30.1 Å². The van der Waals surface area contributed by atoms with Crippen LogP contribution in [-0.2, 0) is 11.2 Å². The maximum absolute atomic E-state index is 13.8. The molecule has 9 nitrogen and oxygen atoms in total. The molecule has 1 fully saturated rings. The third kappa shape index (κ3) is 3.68. The van der Waals surface area contributed by atoms with Gasteiger partial charge >= 0.3 is 0 Å². The molecule has 5 rings (SSSR count). The highest BCUT2D eigenvalue weighted by Gasteiger charge is 2.34. The number of fused-ring (bicyclic) bond motifs is 1. The van der Waals surface area contributed by atoms with Crippen LogP contribution in [0.15, 0.2) is 48.5 Å². The number of nitrogens with two attached hydrogens (primary N) is 1. The summed E-state index contributed by atoms with van der Waals surface area (Å²) in [5.41, 5.74) is 6.53. The summed E-state index contributed by atoms with van der Waals surface area (Å²) in [5.74, 6) is -2.34. The molecule has 2 aromatic carbocycles. The van der Waals surface area contributed by atoms with E-state index in [1.54, 1.807) is 24.3 Å². The van der Waals surface area contributed by atoms with Crippen LogP contribution >= 0.6 is 0 Å². The Kier molecular flexibility index (Phi) is 3.62. The van der Waals surface area contributed by atoms with Gasteiger partial charge < -0.3 is 20.3 Å². The highest BCUT2D eigenvalue weighted by molar-refractivity contribution is 6.09. The number of piperidine rings is 1. The fraction of sp³-hybridized carbons (Fsp3) is 0.280. The third-order valence-corrected chi connectivity index (χ3v) is 5.59. The van der Waals surface area contributed by atoms with Crippen molar-refractivity contribution in [3.05, 3.63) is 65.5 Å². The summed E-state index contributed by atoms with van der Waals surface area (Å²) in [6, 6.07) is 11.8. The smallest absolute Gasteiger partial charge is 0.277 e. The summed E-state index contributed by atoms with van der Waals surface area (Å²) in [6.07, 6.45) is -10.0. The Morgan fingerprint density at radius 1 is 1.00 bits per heavy atom. The first-order valence-electron chi connectivity index (χ1n) is 14.3. The molecular weight excluding hydrogens is 434 g/mol. The van der Waals surface area contributed by atoms with Crippen molar-refractivity contribution in [2.75, 3.05) is 30.0 Å². The van der Waals surface area contributed by atoms with Gasteiger partial charge in [0.05, 0.1) is 12.8 Å². The molecule has 3 aromatic rings. The number of aromatic nitrogens is 2. The Morgan fingerprint density at radius 3 is 2.29 bits per heavy atom. The average Bonchev–Trinajstić information content (AvgIpc) is 3.34. The normalized spacial score (nSPS) is 25.3. The predicted octanol–water partition coefficient (Wildman–Crippen LogP) is 2.70. The van der Waals surface area contributed by atoms with Gasteiger partial charge in [0.25, 0.3) is 11.8 Å². The molecule has 3 amide bonds. The minimum Gasteiger partial charge on any atom is -0.497 e. The van der Waals surface area contributed by atoms with Crippen LogP contribution in [0.5, 0.6) is 5.75 Å². The molecule has 2 N–H and O–H groups in total. The lowest BCUT2D eigenvalue weighted by Crippen LogP contribution is -2.39. The zero-order chi connectivity index (χ0) is 31.0. The maximum atomic E-state index is 13.8. The number of anilines is 2. The first-order valence-corrected chi connectivity index (χ1v) is 10.3. The number of hydrogen-bond donors (Lipinski definition) is 1. The maximum Gasteiger partial charge on any atom is 0.277 e. The summed E-state index contributed by atoms with van der Waals surface area (Å²) in [7, 11) is 1.50. The summed E-state index contributed by atoms with van der Waals surface area (Å²) in [4.78, 5) is 40.6. The summed E-state index contributed by atoms with van der Waals surface area (Å²) >= 11 is 0. The van der Waals surface area contributed by atoms with Gasteiger partial charge in [0.1, 0.15) is 11.4 Å². The van der Waals surface area contributed by atoms with E-state index >= 15 is 0 Å². The number of rotatable bonds is 5. The molecule has 0 bridgehead atoms. The zero-order valence-electron chi connectivity index (χ0n) is 26.0. The molecule has 0 saturated carbocycles. The van der Waals surface area contributed by atoms with Crippen molar-refractivity contribution in [3.63, 3.8) is 0 Å². The first-order chi connectivity index (χ1) is 19.5. The fourth-order valence-electron chi connectivity index (χ4n) is 3.95. The van der Waals surface area contributed by atoms with E-state index in [4.69, 9.17) is 21.4 Å². The molecule has 0 unspecified atom stereocenters. The second kappa shape index (κ2) is 8.66. The second-order valence-corrected chi connectivity index (χ2v) is 7.50. The van der Waals surface area contributed by atoms with Gasteiger partial charge in [-0.3, -0.25) is 14.4 Å². The summed E-state index contributed by atoms with van der Waals surface area (Å²) in [6.45, 7) is -3.14. The van der Waals surface area contributed by atoms with Crippen LogP contribution < -0.4 is 20.3 Å². The van der Waals surface area contributed by atoms with Crippen LogP contribution in [0.1, 0.15) is 56.6 Å². The van der Waals surface area contributed by atoms with E-state index in [1.165, 1.54) is 41.0 Å². The molecule has 2 aliphatic rings. The van der Waals surface area contributed by atoms with Gasteiger partial charge in [0.2, 0.25) is 5.91 Å². The Balaban J connectivity index is 1.52. The number of nitrogens with zero attached hydrogens (tertiary/aromatic N) is 4. The van der Waals surface area contributed by atoms with E-state index in [9.17, 15) is 14.4 Å². The Hall–Kier alpha value is -4.14. The quantitative estimate of drug-likeness (QED) is 0.620. The van der Waals surface area contributed by atoms with Crippen molar-refractivity contribution in [2.24, 2.45) is 5.73 Å². The van der Waals surface area contributed by atoms with Gasteiger partial charge in [-0.15, -0.1) is 0 Å². The Bertz CT molecular complexity index is 1610. The molecule has 174 valence electrons. The van der Waals surface area contributed by atoms with Crippen molar-refractivity contribution in [3.8, 4) is 11.4 Å². The van der Waals surface area contributed by atoms with Gasteiger partial charge in [-0.2, -0.15) is 5.10 Å². The largest absolute Gasteiger partial charge is 0.497 e. The van der Waals surface area contributed by atoms with E-state index in [1.807, 2.05) is 0 Å². The van der Waals surface area contributed by atoms with Crippen molar-refractivity contribution in [1.82, 2.24) is 9.78 Å². The number of carbonyl (C=O) groups excluding carboxylic acids is 3. The molecule has 0 spiro atoms. The van der Waals surface area contributed by atoms with Crippen molar-refractivity contribution in [1.29, 1.82) is 0 Å². The highest BCUT2D eigenvalue weighted by atomic mass is 16.5. The highest BCUT2D eigenvalue weighted by Crippen LogP contribution is 2.31. The monoisotopic (exact) mass is 467 g/mol. The van der Waals surface area contributed by atoms with Crippen molar-refractivity contribution >= 4 is 29.1 Å². The molecule has 9 heteroatoms. The number of primary amides is 1. The predicted molar refractivity (Wildman–Crippen MR) is 127 cm³/mol. The standard InChI is InChI=1S/C25H25N5O4/c1-34-19-11-9-18(10-12-19)30-23-20(22(27-30)24(26)32)13-15-29(25(23)33)17-7-5-16(6-8-17)28-14-3-2-4-21(28)31/h5-12H,2-4,13-15H2,1H3,(H2,26,32)/i2D2,3D2,4D2,14D2. The second-order valence-electron chi connectivity index (χ2n) is 7.50. The number of amides is 3. The summed E-state index contributed by atoms with van der Waals surface area (Å²) in [5, 5.41) is 4.30. The van der Waals surface area contributed by atoms with Crippen LogP contribution in [0.25, 0.3) is 5.69 Å². The molecule has 3 heterocycles. The lowest BCUT2D eigenvalue weighted by molar-refractivity contribution is -0.119. The minimum absolute atomic E-state index is 0.0431. The number of benzene rings is 2. The van der Waals surface area contributed by atoms with Crippen LogP contribution in [0.3, 0.4) is 0 Å². The number of methoxy groups -OCH3 is 1. The van der Waals surface area contributed by atoms with Gasteiger partial charge in [-0.25, -0.2) is 4.68 Å². The Labute approximate surface area is 207 Å². The average molecular weight is 468 g/mol. The van der Waals surface area contributed by atoms with Gasteiger partial charge in [0.15, 0.2) is 5.69 Å². The lowest BCUT2D eigenvalue weighted by atomic mass is 10.0. The molecule has 0 radical (unpaired) electrons. The van der Waals surface area contributed by atoms with Gasteiger partial charge in [0, 0.05) is 47.3 Å². The Morgan fingerprint density at radius 2 is 1.65 bits per heavy atom. The van der Waals surface area contributed by atoms with Gasteiger partial charge in [-0.1, -0.05) is 0 Å².